The van der Waals surface area contributed by atoms with Gasteiger partial charge in [-0.25, -0.2) is 0 Å². The molecule has 0 atom stereocenters. The highest BCUT2D eigenvalue weighted by Gasteiger charge is 2.09. The Morgan fingerprint density at radius 1 is 0.600 bits per heavy atom. The molecule has 0 bridgehead atoms. The van der Waals surface area contributed by atoms with Crippen molar-refractivity contribution in [3.63, 3.8) is 0 Å². The van der Waals surface area contributed by atoms with E-state index in [9.17, 15) is 0 Å². The number of benzene rings is 2. The van der Waals surface area contributed by atoms with Gasteiger partial charge in [-0.2, -0.15) is 0 Å². The Morgan fingerprint density at radius 2 is 0.850 bits per heavy atom. The summed E-state index contributed by atoms with van der Waals surface area (Å²) in [6, 6.07) is 6.09. The summed E-state index contributed by atoms with van der Waals surface area (Å²) in [7, 11) is 0. The predicted molar refractivity (Wildman–Crippen MR) is 85.9 cm³/mol. The van der Waals surface area contributed by atoms with E-state index in [-0.39, 0.29) is 31.5 Å². The van der Waals surface area contributed by atoms with Crippen LogP contribution in [0.2, 0.25) is 20.1 Å². The zero-order valence-electron chi connectivity index (χ0n) is 9.87. The van der Waals surface area contributed by atoms with E-state index in [2.05, 4.69) is 10.2 Å². The van der Waals surface area contributed by atoms with Gasteiger partial charge in [-0.3, -0.25) is 0 Å². The first-order valence-corrected chi connectivity index (χ1v) is 6.80. The van der Waals surface area contributed by atoms with Crippen LogP contribution in [-0.2, 0) is 0 Å². The average Bonchev–Trinajstić information content (AvgIpc) is 2.30. The number of hydrogen-bond acceptors (Lipinski definition) is 4. The third-order valence-electron chi connectivity index (χ3n) is 2.33. The summed E-state index contributed by atoms with van der Waals surface area (Å²) in [5.41, 5.74) is 12.6. The highest BCUT2D eigenvalue weighted by molar-refractivity contribution is 6.40. The topological polar surface area (TPSA) is 76.8 Å². The fourth-order valence-corrected chi connectivity index (χ4v) is 2.62. The van der Waals surface area contributed by atoms with Crippen LogP contribution in [0, 0.1) is 0 Å². The van der Waals surface area contributed by atoms with Crippen LogP contribution < -0.4 is 11.5 Å². The first-order valence-electron chi connectivity index (χ1n) is 5.29. The average molecular weight is 350 g/mol. The van der Waals surface area contributed by atoms with Gasteiger partial charge in [0.2, 0.25) is 0 Å². The summed E-state index contributed by atoms with van der Waals surface area (Å²) in [6.07, 6.45) is 0. The zero-order chi connectivity index (χ0) is 14.9. The van der Waals surface area contributed by atoms with Gasteiger partial charge in [-0.1, -0.05) is 46.4 Å². The van der Waals surface area contributed by atoms with E-state index in [4.69, 9.17) is 57.9 Å². The molecule has 0 aromatic heterocycles. The molecule has 0 spiro atoms. The summed E-state index contributed by atoms with van der Waals surface area (Å²) in [5, 5.41) is 9.04. The molecule has 2 rings (SSSR count). The van der Waals surface area contributed by atoms with Crippen LogP contribution in [0.15, 0.2) is 34.5 Å². The molecule has 20 heavy (non-hydrogen) atoms. The van der Waals surface area contributed by atoms with Crippen molar-refractivity contribution in [1.29, 1.82) is 0 Å². The van der Waals surface area contributed by atoms with E-state index in [1.165, 1.54) is 24.3 Å². The second-order valence-electron chi connectivity index (χ2n) is 3.87. The number of hydrogen-bond donors (Lipinski definition) is 2. The van der Waals surface area contributed by atoms with Gasteiger partial charge in [-0.15, -0.1) is 10.2 Å². The maximum atomic E-state index is 6.00. The lowest BCUT2D eigenvalue weighted by Gasteiger charge is -2.04. The van der Waals surface area contributed by atoms with Crippen LogP contribution in [0.4, 0.5) is 22.7 Å². The third kappa shape index (κ3) is 3.27. The van der Waals surface area contributed by atoms with Crippen molar-refractivity contribution in [3.8, 4) is 0 Å². The van der Waals surface area contributed by atoms with E-state index >= 15 is 0 Å². The molecule has 0 aliphatic rings. The van der Waals surface area contributed by atoms with Gasteiger partial charge in [-0.05, 0) is 24.3 Å². The predicted octanol–water partition coefficient (Wildman–Crippen LogP) is 5.88. The van der Waals surface area contributed by atoms with Crippen LogP contribution in [0.3, 0.4) is 0 Å². The number of halogens is 4. The van der Waals surface area contributed by atoms with Crippen LogP contribution in [-0.4, -0.2) is 0 Å². The summed E-state index contributed by atoms with van der Waals surface area (Å²) < 4.78 is 0. The molecule has 0 fully saturated rings. The van der Waals surface area contributed by atoms with Gasteiger partial charge in [0.1, 0.15) is 11.4 Å². The second kappa shape index (κ2) is 6.06. The van der Waals surface area contributed by atoms with Gasteiger partial charge in [0.15, 0.2) is 0 Å². The van der Waals surface area contributed by atoms with Crippen molar-refractivity contribution in [2.24, 2.45) is 10.2 Å². The molecular formula is C12H8Cl4N4. The Labute approximate surface area is 135 Å². The van der Waals surface area contributed by atoms with Gasteiger partial charge in [0.05, 0.1) is 20.1 Å². The minimum absolute atomic E-state index is 0.279. The molecule has 0 aliphatic carbocycles. The zero-order valence-corrected chi connectivity index (χ0v) is 12.9. The highest BCUT2D eigenvalue weighted by Crippen LogP contribution is 2.39. The van der Waals surface area contributed by atoms with Crippen molar-refractivity contribution >= 4 is 69.2 Å². The molecule has 2 aromatic carbocycles. The molecule has 0 saturated carbocycles. The van der Waals surface area contributed by atoms with Crippen molar-refractivity contribution in [2.45, 2.75) is 0 Å². The molecule has 0 saturated heterocycles. The molecule has 104 valence electrons. The normalized spacial score (nSPS) is 11.2. The number of rotatable bonds is 2. The van der Waals surface area contributed by atoms with E-state index in [1.807, 2.05) is 0 Å². The standard InChI is InChI=1S/C12H8Cl4N4/c13-7-1-5(17)2-8(14)11(7)19-20-12-9(15)3-6(18)4-10(12)16/h1-4H,17-18H2. The van der Waals surface area contributed by atoms with Crippen LogP contribution in [0.1, 0.15) is 0 Å². The number of nitrogen functional groups attached to an aromatic ring is 2. The Bertz CT molecular complexity index is 594. The SMILES string of the molecule is Nc1cc(Cl)c(N=Nc2c(Cl)cc(N)cc2Cl)c(Cl)c1. The van der Waals surface area contributed by atoms with Crippen molar-refractivity contribution in [3.05, 3.63) is 44.4 Å². The first-order chi connectivity index (χ1) is 9.38. The molecule has 8 heteroatoms. The molecule has 0 amide bonds. The summed E-state index contributed by atoms with van der Waals surface area (Å²) in [5.74, 6) is 0. The second-order valence-corrected chi connectivity index (χ2v) is 5.50. The van der Waals surface area contributed by atoms with Crippen LogP contribution in [0.5, 0.6) is 0 Å². The molecule has 4 N–H and O–H groups in total. The maximum absolute atomic E-state index is 6.00. The fourth-order valence-electron chi connectivity index (χ4n) is 1.46. The summed E-state index contributed by atoms with van der Waals surface area (Å²) in [6.45, 7) is 0. The van der Waals surface area contributed by atoms with Crippen molar-refractivity contribution in [1.82, 2.24) is 0 Å². The monoisotopic (exact) mass is 348 g/mol. The summed E-state index contributed by atoms with van der Waals surface area (Å²) in [4.78, 5) is 0. The third-order valence-corrected chi connectivity index (χ3v) is 3.48. The Morgan fingerprint density at radius 3 is 1.10 bits per heavy atom. The largest absolute Gasteiger partial charge is 0.399 e. The quantitative estimate of drug-likeness (QED) is 0.524. The lowest BCUT2D eigenvalue weighted by molar-refractivity contribution is 1.23. The lowest BCUT2D eigenvalue weighted by Crippen LogP contribution is -1.85. The van der Waals surface area contributed by atoms with Gasteiger partial charge < -0.3 is 11.5 Å². The Hall–Kier alpha value is -1.20. The van der Waals surface area contributed by atoms with E-state index < -0.39 is 0 Å². The van der Waals surface area contributed by atoms with Gasteiger partial charge in [0.25, 0.3) is 0 Å². The van der Waals surface area contributed by atoms with E-state index in [0.29, 0.717) is 11.4 Å². The number of anilines is 2. The van der Waals surface area contributed by atoms with E-state index in [0.717, 1.165) is 0 Å². The molecule has 2 aromatic rings. The number of azo groups is 1. The summed E-state index contributed by atoms with van der Waals surface area (Å²) >= 11 is 24.0. The molecule has 0 aliphatic heterocycles. The maximum Gasteiger partial charge on any atom is 0.123 e. The molecule has 0 radical (unpaired) electrons. The minimum atomic E-state index is 0.279. The van der Waals surface area contributed by atoms with Gasteiger partial charge in [0, 0.05) is 11.4 Å². The fraction of sp³-hybridized carbons (Fsp3) is 0. The Balaban J connectivity index is 2.45. The van der Waals surface area contributed by atoms with E-state index in [1.54, 1.807) is 0 Å². The molecular weight excluding hydrogens is 342 g/mol. The number of nitrogens with zero attached hydrogens (tertiary/aromatic N) is 2. The minimum Gasteiger partial charge on any atom is -0.399 e. The lowest BCUT2D eigenvalue weighted by atomic mass is 10.3. The molecule has 0 unspecified atom stereocenters. The van der Waals surface area contributed by atoms with Gasteiger partial charge >= 0.3 is 0 Å². The Kier molecular flexibility index (Phi) is 4.60. The van der Waals surface area contributed by atoms with Crippen LogP contribution in [0.25, 0.3) is 0 Å². The van der Waals surface area contributed by atoms with Crippen LogP contribution >= 0.6 is 46.4 Å². The molecule has 4 nitrogen and oxygen atoms in total. The van der Waals surface area contributed by atoms with Crippen molar-refractivity contribution < 1.29 is 0 Å². The first kappa shape index (κ1) is 15.2. The smallest absolute Gasteiger partial charge is 0.123 e. The van der Waals surface area contributed by atoms with Crippen molar-refractivity contribution in [2.75, 3.05) is 11.5 Å². The number of nitrogens with two attached hydrogens (primary N) is 2. The molecule has 0 heterocycles. The highest BCUT2D eigenvalue weighted by atomic mass is 35.5.